The fourth-order valence-corrected chi connectivity index (χ4v) is 2.55. The molecule has 3 heteroatoms. The second kappa shape index (κ2) is 3.25. The summed E-state index contributed by atoms with van der Waals surface area (Å²) in [6, 6.07) is 3.42. The topological polar surface area (TPSA) is 0 Å². The van der Waals surface area contributed by atoms with Crippen molar-refractivity contribution in [3.8, 4) is 0 Å². The van der Waals surface area contributed by atoms with Gasteiger partial charge in [0.05, 0.1) is 5.38 Å². The normalized spacial score (nSPS) is 26.2. The van der Waals surface area contributed by atoms with Gasteiger partial charge in [-0.3, -0.25) is 0 Å². The first kappa shape index (κ1) is 9.47. The largest absolute Gasteiger partial charge is 0.207 e. The molecule has 0 heterocycles. The van der Waals surface area contributed by atoms with Crippen LogP contribution in [0, 0.1) is 11.7 Å². The number of hydrogen-bond donors (Lipinski definition) is 0. The van der Waals surface area contributed by atoms with Gasteiger partial charge in [0.1, 0.15) is 5.82 Å². The minimum absolute atomic E-state index is 0.0398. The van der Waals surface area contributed by atoms with Crippen molar-refractivity contribution in [3.05, 3.63) is 33.5 Å². The predicted octanol–water partition coefficient (Wildman–Crippen LogP) is 4.06. The summed E-state index contributed by atoms with van der Waals surface area (Å²) in [6.45, 7) is 2.05. The molecule has 0 bridgehead atoms. The molecule has 0 spiro atoms. The Balaban J connectivity index is 2.57. The summed E-state index contributed by atoms with van der Waals surface area (Å²) in [5.41, 5.74) is 1.73. The van der Waals surface area contributed by atoms with E-state index in [2.05, 4.69) is 15.9 Å². The van der Waals surface area contributed by atoms with Crippen molar-refractivity contribution < 1.29 is 4.39 Å². The molecule has 2 rings (SSSR count). The van der Waals surface area contributed by atoms with Crippen LogP contribution in [0.4, 0.5) is 4.39 Å². The van der Waals surface area contributed by atoms with Gasteiger partial charge in [0, 0.05) is 4.47 Å². The fraction of sp³-hybridized carbons (Fsp3) is 0.400. The maximum Gasteiger partial charge on any atom is 0.127 e. The number of alkyl halides is 1. The molecule has 2 unspecified atom stereocenters. The second-order valence-electron chi connectivity index (χ2n) is 3.54. The molecule has 1 aromatic rings. The molecule has 0 saturated carbocycles. The molecule has 0 amide bonds. The first-order valence-electron chi connectivity index (χ1n) is 4.21. The summed E-state index contributed by atoms with van der Waals surface area (Å²) < 4.78 is 14.2. The van der Waals surface area contributed by atoms with Gasteiger partial charge >= 0.3 is 0 Å². The molecule has 0 aliphatic heterocycles. The Morgan fingerprint density at radius 1 is 1.54 bits per heavy atom. The Morgan fingerprint density at radius 3 is 2.92 bits per heavy atom. The molecule has 0 aromatic heterocycles. The number of rotatable bonds is 0. The van der Waals surface area contributed by atoms with E-state index in [1.54, 1.807) is 0 Å². The maximum atomic E-state index is 13.4. The summed E-state index contributed by atoms with van der Waals surface area (Å²) in [5.74, 6) is 0.194. The van der Waals surface area contributed by atoms with Gasteiger partial charge in [-0.15, -0.1) is 11.6 Å². The van der Waals surface area contributed by atoms with Crippen molar-refractivity contribution in [1.82, 2.24) is 0 Å². The molecule has 0 fully saturated rings. The molecule has 1 aromatic carbocycles. The molecule has 70 valence electrons. The third kappa shape index (κ3) is 1.50. The van der Waals surface area contributed by atoms with Crippen LogP contribution in [0.2, 0.25) is 0 Å². The summed E-state index contributed by atoms with van der Waals surface area (Å²) in [7, 11) is 0. The van der Waals surface area contributed by atoms with Crippen molar-refractivity contribution in [2.75, 3.05) is 0 Å². The van der Waals surface area contributed by atoms with E-state index in [4.69, 9.17) is 11.6 Å². The molecular formula is C10H9BrClF. The van der Waals surface area contributed by atoms with Crippen LogP contribution in [0.5, 0.6) is 0 Å². The minimum Gasteiger partial charge on any atom is -0.207 e. The molecule has 1 aliphatic carbocycles. The molecule has 0 radical (unpaired) electrons. The molecule has 0 N–H and O–H groups in total. The lowest BCUT2D eigenvalue weighted by Crippen LogP contribution is -1.94. The molecule has 2 atom stereocenters. The standard InChI is InChI=1S/C10H9BrClF/c1-5-2-7-8(10(5)12)3-6(11)4-9(7)13/h3-5,10H,2H2,1H3. The second-order valence-corrected chi connectivity index (χ2v) is 4.92. The Labute approximate surface area is 90.2 Å². The van der Waals surface area contributed by atoms with E-state index in [0.717, 1.165) is 22.0 Å². The lowest BCUT2D eigenvalue weighted by molar-refractivity contribution is 0.579. The Kier molecular flexibility index (Phi) is 2.37. The van der Waals surface area contributed by atoms with Gasteiger partial charge in [0.2, 0.25) is 0 Å². The predicted molar refractivity (Wildman–Crippen MR) is 55.6 cm³/mol. The van der Waals surface area contributed by atoms with Crippen LogP contribution in [0.15, 0.2) is 16.6 Å². The smallest absolute Gasteiger partial charge is 0.127 e. The molecule has 0 saturated heterocycles. The number of halogens is 3. The van der Waals surface area contributed by atoms with Crippen LogP contribution in [0.3, 0.4) is 0 Å². The van der Waals surface area contributed by atoms with Crippen LogP contribution < -0.4 is 0 Å². The van der Waals surface area contributed by atoms with E-state index in [1.807, 2.05) is 13.0 Å². The first-order chi connectivity index (χ1) is 6.09. The zero-order valence-electron chi connectivity index (χ0n) is 7.15. The molecular weight excluding hydrogens is 254 g/mol. The molecule has 13 heavy (non-hydrogen) atoms. The van der Waals surface area contributed by atoms with Crippen LogP contribution in [-0.4, -0.2) is 0 Å². The Bertz CT molecular complexity index is 351. The van der Waals surface area contributed by atoms with E-state index < -0.39 is 0 Å². The van der Waals surface area contributed by atoms with Gasteiger partial charge in [-0.1, -0.05) is 22.9 Å². The minimum atomic E-state index is -0.139. The number of fused-ring (bicyclic) bond motifs is 1. The third-order valence-corrected chi connectivity index (χ3v) is 3.64. The van der Waals surface area contributed by atoms with Gasteiger partial charge < -0.3 is 0 Å². The van der Waals surface area contributed by atoms with Crippen LogP contribution >= 0.6 is 27.5 Å². The zero-order chi connectivity index (χ0) is 9.59. The highest BCUT2D eigenvalue weighted by Gasteiger charge is 2.30. The lowest BCUT2D eigenvalue weighted by Gasteiger charge is -2.06. The van der Waals surface area contributed by atoms with Crippen LogP contribution in [0.25, 0.3) is 0 Å². The average Bonchev–Trinajstić information content (AvgIpc) is 2.32. The highest BCUT2D eigenvalue weighted by Crippen LogP contribution is 2.42. The highest BCUT2D eigenvalue weighted by atomic mass is 79.9. The van der Waals surface area contributed by atoms with Crippen molar-refractivity contribution in [2.45, 2.75) is 18.7 Å². The maximum absolute atomic E-state index is 13.4. The SMILES string of the molecule is CC1Cc2c(F)cc(Br)cc2C1Cl. The average molecular weight is 264 g/mol. The van der Waals surface area contributed by atoms with E-state index in [-0.39, 0.29) is 11.2 Å². The summed E-state index contributed by atoms with van der Waals surface area (Å²) in [5, 5.41) is -0.0398. The first-order valence-corrected chi connectivity index (χ1v) is 5.44. The van der Waals surface area contributed by atoms with E-state index in [0.29, 0.717) is 5.92 Å². The van der Waals surface area contributed by atoms with Gasteiger partial charge in [0.25, 0.3) is 0 Å². The van der Waals surface area contributed by atoms with Crippen molar-refractivity contribution >= 4 is 27.5 Å². The monoisotopic (exact) mass is 262 g/mol. The van der Waals surface area contributed by atoms with Gasteiger partial charge in [-0.2, -0.15) is 0 Å². The zero-order valence-corrected chi connectivity index (χ0v) is 9.49. The van der Waals surface area contributed by atoms with Crippen molar-refractivity contribution in [1.29, 1.82) is 0 Å². The molecule has 1 aliphatic rings. The summed E-state index contributed by atoms with van der Waals surface area (Å²) >= 11 is 9.41. The fourth-order valence-electron chi connectivity index (χ4n) is 1.82. The Hall–Kier alpha value is -0.0800. The van der Waals surface area contributed by atoms with E-state index in [1.165, 1.54) is 6.07 Å². The van der Waals surface area contributed by atoms with Crippen molar-refractivity contribution in [2.24, 2.45) is 5.92 Å². The van der Waals surface area contributed by atoms with Crippen LogP contribution in [-0.2, 0) is 6.42 Å². The van der Waals surface area contributed by atoms with Gasteiger partial charge in [0.15, 0.2) is 0 Å². The molecule has 0 nitrogen and oxygen atoms in total. The highest BCUT2D eigenvalue weighted by molar-refractivity contribution is 9.10. The van der Waals surface area contributed by atoms with Gasteiger partial charge in [-0.05, 0) is 35.6 Å². The Morgan fingerprint density at radius 2 is 2.23 bits per heavy atom. The lowest BCUT2D eigenvalue weighted by atomic mass is 10.1. The number of hydrogen-bond acceptors (Lipinski definition) is 0. The summed E-state index contributed by atoms with van der Waals surface area (Å²) in [6.07, 6.45) is 0.753. The third-order valence-electron chi connectivity index (χ3n) is 2.52. The quantitative estimate of drug-likeness (QED) is 0.619. The van der Waals surface area contributed by atoms with Crippen molar-refractivity contribution in [3.63, 3.8) is 0 Å². The van der Waals surface area contributed by atoms with Gasteiger partial charge in [-0.25, -0.2) is 4.39 Å². The number of benzene rings is 1. The van der Waals surface area contributed by atoms with E-state index >= 15 is 0 Å². The summed E-state index contributed by atoms with van der Waals surface area (Å²) in [4.78, 5) is 0. The van der Waals surface area contributed by atoms with E-state index in [9.17, 15) is 4.39 Å². The van der Waals surface area contributed by atoms with Crippen LogP contribution in [0.1, 0.15) is 23.4 Å².